The molecule has 0 bridgehead atoms. The first-order valence-electron chi connectivity index (χ1n) is 7.03. The highest BCUT2D eigenvalue weighted by atomic mass is 16.3. The van der Waals surface area contributed by atoms with E-state index in [2.05, 4.69) is 20.3 Å². The van der Waals surface area contributed by atoms with E-state index in [-0.39, 0.29) is 23.3 Å². The number of anilines is 1. The van der Waals surface area contributed by atoms with E-state index in [0.29, 0.717) is 29.0 Å². The van der Waals surface area contributed by atoms with Gasteiger partial charge in [-0.2, -0.15) is 0 Å². The Labute approximate surface area is 130 Å². The summed E-state index contributed by atoms with van der Waals surface area (Å²) in [4.78, 5) is 34.3. The number of rotatable bonds is 4. The Hall–Kier alpha value is -3.16. The molecular weight excluding hydrogens is 298 g/mol. The first-order valence-corrected chi connectivity index (χ1v) is 7.03. The molecule has 3 N–H and O–H groups in total. The maximum atomic E-state index is 12.1. The molecule has 0 spiro atoms. The van der Waals surface area contributed by atoms with Crippen LogP contribution in [0, 0.1) is 0 Å². The van der Waals surface area contributed by atoms with Gasteiger partial charge in [-0.1, -0.05) is 12.1 Å². The number of hydrogen-bond donors (Lipinski definition) is 3. The normalized spacial score (nSPS) is 11.1. The lowest BCUT2D eigenvalue weighted by Crippen LogP contribution is -2.18. The molecular formula is C15H15N5O3. The molecule has 3 aromatic rings. The monoisotopic (exact) mass is 313 g/mol. The molecule has 1 amide bonds. The van der Waals surface area contributed by atoms with Crippen LogP contribution in [0.3, 0.4) is 0 Å². The molecule has 8 nitrogen and oxygen atoms in total. The smallest absolute Gasteiger partial charge is 0.328 e. The van der Waals surface area contributed by atoms with Crippen LogP contribution >= 0.6 is 0 Å². The minimum atomic E-state index is -0.327. The number of aromatic hydroxyl groups is 1. The number of aromatic amines is 1. The highest BCUT2D eigenvalue weighted by Gasteiger charge is 2.17. The summed E-state index contributed by atoms with van der Waals surface area (Å²) in [5, 5.41) is 12.1. The fraction of sp³-hybridized carbons (Fsp3) is 0.200. The Morgan fingerprint density at radius 3 is 2.78 bits per heavy atom. The predicted octanol–water partition coefficient (Wildman–Crippen LogP) is 1.64. The Kier molecular flexibility index (Phi) is 3.57. The van der Waals surface area contributed by atoms with Gasteiger partial charge in [-0.3, -0.25) is 9.36 Å². The van der Waals surface area contributed by atoms with Crippen molar-refractivity contribution in [2.45, 2.75) is 19.9 Å². The van der Waals surface area contributed by atoms with Gasteiger partial charge >= 0.3 is 5.69 Å². The molecule has 0 atom stereocenters. The third-order valence-corrected chi connectivity index (χ3v) is 3.39. The molecule has 0 unspecified atom stereocenters. The summed E-state index contributed by atoms with van der Waals surface area (Å²) >= 11 is 0. The summed E-state index contributed by atoms with van der Waals surface area (Å²) in [5.41, 5.74) is 0.999. The van der Waals surface area contributed by atoms with Gasteiger partial charge in [-0.15, -0.1) is 0 Å². The van der Waals surface area contributed by atoms with Crippen LogP contribution in [-0.2, 0) is 4.79 Å². The standard InChI is InChI=1S/C15H15N5O3/c1-8(2)20-14-11(17-15(20)23)13(16-7-21)18-12(19-14)9-4-3-5-10(22)6-9/h3-8,22H,1-2H3,(H,17,23)(H,16,18,19,21). The fourth-order valence-corrected chi connectivity index (χ4v) is 2.42. The van der Waals surface area contributed by atoms with Crippen LogP contribution in [0.1, 0.15) is 19.9 Å². The van der Waals surface area contributed by atoms with E-state index in [9.17, 15) is 14.7 Å². The van der Waals surface area contributed by atoms with E-state index < -0.39 is 0 Å². The van der Waals surface area contributed by atoms with Crippen LogP contribution in [0.5, 0.6) is 5.75 Å². The second kappa shape index (κ2) is 5.56. The van der Waals surface area contributed by atoms with Crippen LogP contribution < -0.4 is 11.0 Å². The Balaban J connectivity index is 2.34. The molecule has 2 heterocycles. The third kappa shape index (κ3) is 2.54. The number of H-pyrrole nitrogens is 1. The second-order valence-corrected chi connectivity index (χ2v) is 5.30. The number of amides is 1. The van der Waals surface area contributed by atoms with E-state index in [1.54, 1.807) is 12.1 Å². The van der Waals surface area contributed by atoms with Crippen LogP contribution in [0.15, 0.2) is 29.1 Å². The maximum absolute atomic E-state index is 12.1. The first kappa shape index (κ1) is 14.8. The number of phenolic OH excluding ortho intramolecular Hbond substituents is 1. The molecule has 0 saturated heterocycles. The van der Waals surface area contributed by atoms with Crippen LogP contribution in [0.25, 0.3) is 22.6 Å². The summed E-state index contributed by atoms with van der Waals surface area (Å²) in [7, 11) is 0. The lowest BCUT2D eigenvalue weighted by molar-refractivity contribution is -0.105. The molecule has 0 radical (unpaired) electrons. The van der Waals surface area contributed by atoms with Gasteiger partial charge in [-0.05, 0) is 26.0 Å². The number of imidazole rings is 1. The molecule has 2 aromatic heterocycles. The van der Waals surface area contributed by atoms with Crippen LogP contribution in [0.2, 0.25) is 0 Å². The van der Waals surface area contributed by atoms with Gasteiger partial charge in [0, 0.05) is 11.6 Å². The minimum Gasteiger partial charge on any atom is -0.508 e. The average Bonchev–Trinajstić information content (AvgIpc) is 2.84. The topological polar surface area (TPSA) is 113 Å². The number of phenols is 1. The zero-order valence-electron chi connectivity index (χ0n) is 12.6. The van der Waals surface area contributed by atoms with E-state index in [4.69, 9.17) is 0 Å². The van der Waals surface area contributed by atoms with Crippen molar-refractivity contribution in [3.63, 3.8) is 0 Å². The molecule has 118 valence electrons. The van der Waals surface area contributed by atoms with Crippen molar-refractivity contribution < 1.29 is 9.90 Å². The van der Waals surface area contributed by atoms with E-state index >= 15 is 0 Å². The van der Waals surface area contributed by atoms with Crippen molar-refractivity contribution in [2.24, 2.45) is 0 Å². The summed E-state index contributed by atoms with van der Waals surface area (Å²) in [6.45, 7) is 3.72. The lowest BCUT2D eigenvalue weighted by atomic mass is 10.2. The van der Waals surface area contributed by atoms with Gasteiger partial charge in [0.2, 0.25) is 6.41 Å². The summed E-state index contributed by atoms with van der Waals surface area (Å²) in [6, 6.07) is 6.32. The first-order chi connectivity index (χ1) is 11.0. The lowest BCUT2D eigenvalue weighted by Gasteiger charge is -2.09. The van der Waals surface area contributed by atoms with E-state index in [1.807, 2.05) is 13.8 Å². The van der Waals surface area contributed by atoms with Gasteiger partial charge in [0.05, 0.1) is 0 Å². The third-order valence-electron chi connectivity index (χ3n) is 3.39. The van der Waals surface area contributed by atoms with Crippen molar-refractivity contribution in [3.8, 4) is 17.1 Å². The minimum absolute atomic E-state index is 0.0754. The Morgan fingerprint density at radius 2 is 2.13 bits per heavy atom. The highest BCUT2D eigenvalue weighted by Crippen LogP contribution is 2.25. The quantitative estimate of drug-likeness (QED) is 0.634. The number of carbonyl (C=O) groups is 1. The fourth-order valence-electron chi connectivity index (χ4n) is 2.42. The summed E-state index contributed by atoms with van der Waals surface area (Å²) in [5.74, 6) is 0.581. The zero-order valence-corrected chi connectivity index (χ0v) is 12.6. The van der Waals surface area contributed by atoms with Gasteiger partial charge in [0.25, 0.3) is 0 Å². The molecule has 8 heteroatoms. The molecule has 3 rings (SSSR count). The summed E-state index contributed by atoms with van der Waals surface area (Å²) in [6.07, 6.45) is 0.485. The average molecular weight is 313 g/mol. The van der Waals surface area contributed by atoms with Crippen molar-refractivity contribution in [2.75, 3.05) is 5.32 Å². The number of fused-ring (bicyclic) bond motifs is 1. The zero-order chi connectivity index (χ0) is 16.6. The molecule has 0 aliphatic carbocycles. The number of benzene rings is 1. The van der Waals surface area contributed by atoms with E-state index in [0.717, 1.165) is 0 Å². The van der Waals surface area contributed by atoms with E-state index in [1.165, 1.54) is 16.7 Å². The van der Waals surface area contributed by atoms with Crippen LogP contribution in [-0.4, -0.2) is 31.0 Å². The van der Waals surface area contributed by atoms with Gasteiger partial charge in [-0.25, -0.2) is 14.8 Å². The maximum Gasteiger partial charge on any atom is 0.328 e. The van der Waals surface area contributed by atoms with Gasteiger partial charge < -0.3 is 15.4 Å². The van der Waals surface area contributed by atoms with Crippen molar-refractivity contribution in [1.82, 2.24) is 19.5 Å². The van der Waals surface area contributed by atoms with Crippen molar-refractivity contribution in [1.29, 1.82) is 0 Å². The van der Waals surface area contributed by atoms with Gasteiger partial charge in [0.1, 0.15) is 11.3 Å². The SMILES string of the molecule is CC(C)n1c(=O)[nH]c2c(NC=O)nc(-c3cccc(O)c3)nc21. The predicted molar refractivity (Wildman–Crippen MR) is 85.3 cm³/mol. The van der Waals surface area contributed by atoms with Crippen molar-refractivity contribution >= 4 is 23.4 Å². The van der Waals surface area contributed by atoms with Gasteiger partial charge in [0.15, 0.2) is 17.3 Å². The molecule has 0 saturated carbocycles. The molecule has 0 fully saturated rings. The number of aromatic nitrogens is 4. The largest absolute Gasteiger partial charge is 0.508 e. The van der Waals surface area contributed by atoms with Crippen molar-refractivity contribution in [3.05, 3.63) is 34.7 Å². The molecule has 0 aliphatic rings. The number of nitrogens with one attached hydrogen (secondary N) is 2. The number of carbonyl (C=O) groups excluding carboxylic acids is 1. The summed E-state index contributed by atoms with van der Waals surface area (Å²) < 4.78 is 1.49. The Morgan fingerprint density at radius 1 is 1.35 bits per heavy atom. The molecule has 23 heavy (non-hydrogen) atoms. The molecule has 1 aromatic carbocycles. The number of nitrogens with zero attached hydrogens (tertiary/aromatic N) is 3. The highest BCUT2D eigenvalue weighted by molar-refractivity contribution is 5.90. The number of hydrogen-bond acceptors (Lipinski definition) is 5. The Bertz CT molecular complexity index is 942. The molecule has 0 aliphatic heterocycles. The second-order valence-electron chi connectivity index (χ2n) is 5.30. The van der Waals surface area contributed by atoms with Crippen LogP contribution in [0.4, 0.5) is 5.82 Å².